The molecule has 3 heterocycles. The third-order valence-electron chi connectivity index (χ3n) is 4.44. The Morgan fingerprint density at radius 1 is 1.08 bits per heavy atom. The average molecular weight is 340 g/mol. The maximum atomic E-state index is 13.0. The van der Waals surface area contributed by atoms with Crippen molar-refractivity contribution >= 4 is 17.4 Å². The second kappa shape index (κ2) is 6.51. The molecule has 2 aromatic rings. The van der Waals surface area contributed by atoms with E-state index in [1.54, 1.807) is 18.3 Å². The number of nitrogen functional groups attached to an aromatic ring is 1. The number of benzene rings is 1. The minimum Gasteiger partial charge on any atom is -0.486 e. The van der Waals surface area contributed by atoms with Crippen LogP contribution in [0.1, 0.15) is 10.4 Å². The first-order chi connectivity index (χ1) is 12.2. The second-order valence-corrected chi connectivity index (χ2v) is 6.06. The molecule has 1 amide bonds. The molecule has 0 saturated carbocycles. The van der Waals surface area contributed by atoms with Crippen LogP contribution in [0.4, 0.5) is 11.5 Å². The zero-order valence-corrected chi connectivity index (χ0v) is 13.9. The molecule has 2 aliphatic heterocycles. The third kappa shape index (κ3) is 3.05. The second-order valence-electron chi connectivity index (χ2n) is 6.06. The van der Waals surface area contributed by atoms with Crippen LogP contribution in [-0.4, -0.2) is 55.2 Å². The molecule has 1 aromatic heterocycles. The first-order valence-corrected chi connectivity index (χ1v) is 8.37. The zero-order valence-electron chi connectivity index (χ0n) is 13.9. The Balaban J connectivity index is 1.50. The van der Waals surface area contributed by atoms with Gasteiger partial charge in [0.05, 0.1) is 5.56 Å². The van der Waals surface area contributed by atoms with E-state index in [1.807, 2.05) is 23.1 Å². The number of nitrogens with zero attached hydrogens (tertiary/aromatic N) is 3. The Labute approximate surface area is 145 Å². The van der Waals surface area contributed by atoms with E-state index in [0.717, 1.165) is 18.9 Å². The van der Waals surface area contributed by atoms with E-state index in [-0.39, 0.29) is 5.91 Å². The smallest absolute Gasteiger partial charge is 0.257 e. The van der Waals surface area contributed by atoms with Crippen LogP contribution in [0.3, 0.4) is 0 Å². The molecule has 2 N–H and O–H groups in total. The number of fused-ring (bicyclic) bond motifs is 1. The Morgan fingerprint density at radius 2 is 1.88 bits per heavy atom. The largest absolute Gasteiger partial charge is 0.486 e. The number of ether oxygens (including phenoxy) is 2. The van der Waals surface area contributed by atoms with E-state index >= 15 is 0 Å². The van der Waals surface area contributed by atoms with Gasteiger partial charge in [0.25, 0.3) is 5.91 Å². The summed E-state index contributed by atoms with van der Waals surface area (Å²) in [5.74, 6) is 1.90. The molecule has 0 radical (unpaired) electrons. The number of piperazine rings is 1. The van der Waals surface area contributed by atoms with Gasteiger partial charge in [-0.15, -0.1) is 0 Å². The molecule has 2 aliphatic rings. The molecular weight excluding hydrogens is 320 g/mol. The third-order valence-corrected chi connectivity index (χ3v) is 4.44. The van der Waals surface area contributed by atoms with Crippen molar-refractivity contribution in [3.8, 4) is 11.5 Å². The van der Waals surface area contributed by atoms with Gasteiger partial charge in [0, 0.05) is 44.1 Å². The summed E-state index contributed by atoms with van der Waals surface area (Å²) >= 11 is 0. The van der Waals surface area contributed by atoms with Crippen LogP contribution in [0.25, 0.3) is 0 Å². The van der Waals surface area contributed by atoms with Crippen molar-refractivity contribution in [3.05, 3.63) is 42.1 Å². The van der Waals surface area contributed by atoms with Crippen LogP contribution in [0.2, 0.25) is 0 Å². The molecular formula is C18H20N4O3. The van der Waals surface area contributed by atoms with Gasteiger partial charge in [0.2, 0.25) is 0 Å². The molecule has 1 saturated heterocycles. The van der Waals surface area contributed by atoms with E-state index in [9.17, 15) is 4.79 Å². The lowest BCUT2D eigenvalue weighted by Crippen LogP contribution is -2.49. The van der Waals surface area contributed by atoms with Crippen LogP contribution < -0.4 is 20.1 Å². The molecule has 0 unspecified atom stereocenters. The Morgan fingerprint density at radius 3 is 2.64 bits per heavy atom. The summed E-state index contributed by atoms with van der Waals surface area (Å²) < 4.78 is 11.2. The van der Waals surface area contributed by atoms with Gasteiger partial charge >= 0.3 is 0 Å². The monoisotopic (exact) mass is 340 g/mol. The van der Waals surface area contributed by atoms with Crippen molar-refractivity contribution in [2.45, 2.75) is 0 Å². The average Bonchev–Trinajstić information content (AvgIpc) is 2.67. The van der Waals surface area contributed by atoms with Gasteiger partial charge in [-0.1, -0.05) is 6.07 Å². The number of hydrogen-bond donors (Lipinski definition) is 1. The lowest BCUT2D eigenvalue weighted by atomic mass is 10.1. The summed E-state index contributed by atoms with van der Waals surface area (Å²) in [5, 5.41) is 0. The topological polar surface area (TPSA) is 80.9 Å². The Bertz CT molecular complexity index is 773. The molecule has 7 nitrogen and oxygen atoms in total. The number of carbonyl (C=O) groups excluding carboxylic acids is 1. The molecule has 4 rings (SSSR count). The van der Waals surface area contributed by atoms with Gasteiger partial charge < -0.3 is 25.0 Å². The molecule has 0 bridgehead atoms. The quantitative estimate of drug-likeness (QED) is 0.832. The highest BCUT2D eigenvalue weighted by Crippen LogP contribution is 2.37. The number of nitrogens with two attached hydrogens (primary N) is 1. The van der Waals surface area contributed by atoms with Gasteiger partial charge in [-0.25, -0.2) is 4.98 Å². The number of rotatable bonds is 2. The van der Waals surface area contributed by atoms with Crippen molar-refractivity contribution in [1.82, 2.24) is 9.88 Å². The van der Waals surface area contributed by atoms with Crippen molar-refractivity contribution in [2.24, 2.45) is 0 Å². The van der Waals surface area contributed by atoms with E-state index in [1.165, 1.54) is 0 Å². The van der Waals surface area contributed by atoms with Crippen molar-refractivity contribution in [1.29, 1.82) is 0 Å². The van der Waals surface area contributed by atoms with Crippen LogP contribution >= 0.6 is 0 Å². The van der Waals surface area contributed by atoms with Crippen LogP contribution in [0.5, 0.6) is 11.5 Å². The normalized spacial score (nSPS) is 16.6. The maximum Gasteiger partial charge on any atom is 0.257 e. The maximum absolute atomic E-state index is 13.0. The molecule has 130 valence electrons. The highest BCUT2D eigenvalue weighted by molar-refractivity contribution is 5.99. The van der Waals surface area contributed by atoms with E-state index in [4.69, 9.17) is 15.2 Å². The predicted molar refractivity (Wildman–Crippen MR) is 94.2 cm³/mol. The van der Waals surface area contributed by atoms with E-state index in [2.05, 4.69) is 9.88 Å². The molecule has 1 aromatic carbocycles. The number of pyridine rings is 1. The minimum absolute atomic E-state index is 0.0743. The standard InChI is InChI=1S/C18H20N4O3/c19-13-11-14(17-15(12-13)24-9-10-25-17)18(23)22-7-5-21(6-8-22)16-3-1-2-4-20-16/h1-4,11-12H,5-10,19H2. The van der Waals surface area contributed by atoms with Gasteiger partial charge in [-0.3, -0.25) is 4.79 Å². The number of carbonyl (C=O) groups is 1. The molecule has 25 heavy (non-hydrogen) atoms. The van der Waals surface area contributed by atoms with Gasteiger partial charge in [0.1, 0.15) is 19.0 Å². The fourth-order valence-corrected chi connectivity index (χ4v) is 3.18. The number of hydrogen-bond acceptors (Lipinski definition) is 6. The molecule has 7 heteroatoms. The molecule has 0 aliphatic carbocycles. The lowest BCUT2D eigenvalue weighted by Gasteiger charge is -2.35. The molecule has 0 spiro atoms. The SMILES string of the molecule is Nc1cc2c(c(C(=O)N3CCN(c4ccccn4)CC3)c1)OCCO2. The predicted octanol–water partition coefficient (Wildman–Crippen LogP) is 1.40. The fraction of sp³-hybridized carbons (Fsp3) is 0.333. The Hall–Kier alpha value is -2.96. The van der Waals surface area contributed by atoms with Crippen LogP contribution in [-0.2, 0) is 0 Å². The van der Waals surface area contributed by atoms with Gasteiger partial charge in [0.15, 0.2) is 11.5 Å². The number of amides is 1. The van der Waals surface area contributed by atoms with E-state index in [0.29, 0.717) is 49.1 Å². The van der Waals surface area contributed by atoms with E-state index < -0.39 is 0 Å². The summed E-state index contributed by atoms with van der Waals surface area (Å²) in [6.07, 6.45) is 1.78. The minimum atomic E-state index is -0.0743. The van der Waals surface area contributed by atoms with Gasteiger partial charge in [-0.05, 0) is 18.2 Å². The number of anilines is 2. The molecule has 0 atom stereocenters. The van der Waals surface area contributed by atoms with Gasteiger partial charge in [-0.2, -0.15) is 0 Å². The first kappa shape index (κ1) is 15.6. The fourth-order valence-electron chi connectivity index (χ4n) is 3.18. The lowest BCUT2D eigenvalue weighted by molar-refractivity contribution is 0.0736. The van der Waals surface area contributed by atoms with Crippen LogP contribution in [0, 0.1) is 0 Å². The van der Waals surface area contributed by atoms with Crippen molar-refractivity contribution in [2.75, 3.05) is 50.0 Å². The van der Waals surface area contributed by atoms with Crippen molar-refractivity contribution < 1.29 is 14.3 Å². The highest BCUT2D eigenvalue weighted by atomic mass is 16.6. The summed E-state index contributed by atoms with van der Waals surface area (Å²) in [6.45, 7) is 3.63. The Kier molecular flexibility index (Phi) is 4.05. The highest BCUT2D eigenvalue weighted by Gasteiger charge is 2.28. The summed E-state index contributed by atoms with van der Waals surface area (Å²) in [7, 11) is 0. The summed E-state index contributed by atoms with van der Waals surface area (Å²) in [4.78, 5) is 21.3. The first-order valence-electron chi connectivity index (χ1n) is 8.37. The van der Waals surface area contributed by atoms with Crippen LogP contribution in [0.15, 0.2) is 36.5 Å². The summed E-state index contributed by atoms with van der Waals surface area (Å²) in [5.41, 5.74) is 6.90. The number of aromatic nitrogens is 1. The zero-order chi connectivity index (χ0) is 17.2. The molecule has 1 fully saturated rings. The van der Waals surface area contributed by atoms with Crippen molar-refractivity contribution in [3.63, 3.8) is 0 Å². The summed E-state index contributed by atoms with van der Waals surface area (Å²) in [6, 6.07) is 9.22.